The Labute approximate surface area is 147 Å². The maximum Gasteiger partial charge on any atom is 0.250 e. The molecule has 0 bridgehead atoms. The number of benzene rings is 1. The van der Waals surface area contributed by atoms with E-state index >= 15 is 0 Å². The molecular weight excluding hydrogens is 344 g/mol. The van der Waals surface area contributed by atoms with Crippen molar-refractivity contribution < 1.29 is 13.2 Å². The van der Waals surface area contributed by atoms with Crippen molar-refractivity contribution in [2.45, 2.75) is 31.0 Å². The first-order chi connectivity index (χ1) is 11.3. The Morgan fingerprint density at radius 1 is 1.21 bits per heavy atom. The molecule has 0 saturated heterocycles. The average molecular weight is 367 g/mol. The maximum atomic E-state index is 12.2. The van der Waals surface area contributed by atoms with Crippen LogP contribution >= 0.6 is 11.3 Å². The van der Waals surface area contributed by atoms with E-state index in [0.717, 1.165) is 10.4 Å². The van der Waals surface area contributed by atoms with Gasteiger partial charge in [0.05, 0.1) is 6.04 Å². The number of thiophene rings is 1. The minimum absolute atomic E-state index is 0.0856. The molecule has 0 radical (unpaired) electrons. The van der Waals surface area contributed by atoms with E-state index in [1.54, 1.807) is 17.0 Å². The van der Waals surface area contributed by atoms with Gasteiger partial charge in [-0.25, -0.2) is 13.1 Å². The first-order valence-corrected chi connectivity index (χ1v) is 9.99. The summed E-state index contributed by atoms with van der Waals surface area (Å²) in [6.07, 6.45) is 0. The Balaban J connectivity index is 2.01. The van der Waals surface area contributed by atoms with Crippen molar-refractivity contribution in [2.24, 2.45) is 0 Å². The highest BCUT2D eigenvalue weighted by Crippen LogP contribution is 2.21. The van der Waals surface area contributed by atoms with Gasteiger partial charge in [0.2, 0.25) is 15.9 Å². The zero-order valence-corrected chi connectivity index (χ0v) is 15.7. The van der Waals surface area contributed by atoms with E-state index in [1.807, 2.05) is 44.2 Å². The Bertz CT molecular complexity index is 785. The van der Waals surface area contributed by atoms with E-state index in [0.29, 0.717) is 10.8 Å². The van der Waals surface area contributed by atoms with Gasteiger partial charge >= 0.3 is 0 Å². The van der Waals surface area contributed by atoms with E-state index in [9.17, 15) is 13.2 Å². The summed E-state index contributed by atoms with van der Waals surface area (Å²) in [7, 11) is -3.52. The van der Waals surface area contributed by atoms with Crippen molar-refractivity contribution in [2.75, 3.05) is 13.1 Å². The van der Waals surface area contributed by atoms with Gasteiger partial charge in [-0.15, -0.1) is 11.3 Å². The molecular formula is C17H22N2O3S2. The molecule has 0 spiro atoms. The molecule has 0 fully saturated rings. The summed E-state index contributed by atoms with van der Waals surface area (Å²) in [5, 5.41) is 0. The molecule has 2 aromatic rings. The van der Waals surface area contributed by atoms with E-state index < -0.39 is 10.0 Å². The normalized spacial score (nSPS) is 12.8. The molecule has 1 unspecified atom stereocenters. The Morgan fingerprint density at radius 2 is 1.88 bits per heavy atom. The second-order valence-electron chi connectivity index (χ2n) is 5.56. The second kappa shape index (κ2) is 7.92. The fourth-order valence-corrected chi connectivity index (χ4v) is 4.81. The topological polar surface area (TPSA) is 66.5 Å². The lowest BCUT2D eigenvalue weighted by Crippen LogP contribution is -2.38. The average Bonchev–Trinajstić information content (AvgIpc) is 2.99. The molecule has 0 aliphatic heterocycles. The molecule has 7 heteroatoms. The van der Waals surface area contributed by atoms with Gasteiger partial charge in [-0.05, 0) is 31.5 Å². The third kappa shape index (κ3) is 4.66. The molecule has 0 saturated carbocycles. The smallest absolute Gasteiger partial charge is 0.250 e. The number of aryl methyl sites for hydroxylation is 1. The summed E-state index contributed by atoms with van der Waals surface area (Å²) in [5.41, 5.74) is 1.02. The van der Waals surface area contributed by atoms with Crippen molar-refractivity contribution in [3.8, 4) is 0 Å². The van der Waals surface area contributed by atoms with Gasteiger partial charge in [0.25, 0.3) is 0 Å². The van der Waals surface area contributed by atoms with E-state index in [2.05, 4.69) is 4.72 Å². The van der Waals surface area contributed by atoms with Crippen LogP contribution in [0.1, 0.15) is 30.3 Å². The highest BCUT2D eigenvalue weighted by molar-refractivity contribution is 7.91. The van der Waals surface area contributed by atoms with Crippen molar-refractivity contribution in [1.82, 2.24) is 9.62 Å². The number of hydrogen-bond acceptors (Lipinski definition) is 4. The standard InChI is InChI=1S/C17H22N2O3S2/c1-13-9-10-17(23-13)24(21,22)18-11-12-19(15(3)20)14(2)16-7-5-4-6-8-16/h4-10,14,18H,11-12H2,1-3H3. The van der Waals surface area contributed by atoms with Crippen molar-refractivity contribution in [1.29, 1.82) is 0 Å². The number of carbonyl (C=O) groups excluding carboxylic acids is 1. The van der Waals surface area contributed by atoms with Gasteiger partial charge in [-0.3, -0.25) is 4.79 Å². The number of rotatable bonds is 7. The van der Waals surface area contributed by atoms with Gasteiger partial charge < -0.3 is 4.90 Å². The monoisotopic (exact) mass is 366 g/mol. The van der Waals surface area contributed by atoms with Crippen LogP contribution in [0, 0.1) is 6.92 Å². The van der Waals surface area contributed by atoms with Crippen LogP contribution in [0.25, 0.3) is 0 Å². The molecule has 130 valence electrons. The molecule has 1 aromatic heterocycles. The van der Waals surface area contributed by atoms with Gasteiger partial charge in [0.15, 0.2) is 0 Å². The largest absolute Gasteiger partial charge is 0.335 e. The van der Waals surface area contributed by atoms with E-state index in [-0.39, 0.29) is 18.5 Å². The lowest BCUT2D eigenvalue weighted by Gasteiger charge is -2.28. The molecule has 1 N–H and O–H groups in total. The van der Waals surface area contributed by atoms with Crippen LogP contribution in [0.15, 0.2) is 46.7 Å². The van der Waals surface area contributed by atoms with Crippen molar-refractivity contribution in [3.63, 3.8) is 0 Å². The lowest BCUT2D eigenvalue weighted by molar-refractivity contribution is -0.130. The highest BCUT2D eigenvalue weighted by atomic mass is 32.2. The van der Waals surface area contributed by atoms with Gasteiger partial charge in [0.1, 0.15) is 4.21 Å². The number of hydrogen-bond donors (Lipinski definition) is 1. The Kier molecular flexibility index (Phi) is 6.15. The Morgan fingerprint density at radius 3 is 2.42 bits per heavy atom. The highest BCUT2D eigenvalue weighted by Gasteiger charge is 2.20. The number of nitrogens with zero attached hydrogens (tertiary/aromatic N) is 1. The fraction of sp³-hybridized carbons (Fsp3) is 0.353. The molecule has 0 aliphatic carbocycles. The summed E-state index contributed by atoms with van der Waals surface area (Å²) in [6, 6.07) is 12.9. The van der Waals surface area contributed by atoms with Crippen LogP contribution < -0.4 is 4.72 Å². The quantitative estimate of drug-likeness (QED) is 0.819. The van der Waals surface area contributed by atoms with Crippen LogP contribution in [0.2, 0.25) is 0 Å². The van der Waals surface area contributed by atoms with E-state index in [4.69, 9.17) is 0 Å². The molecule has 2 rings (SSSR count). The molecule has 24 heavy (non-hydrogen) atoms. The summed E-state index contributed by atoms with van der Waals surface area (Å²) in [5.74, 6) is -0.0856. The molecule has 0 aliphatic rings. The van der Waals surface area contributed by atoms with E-state index in [1.165, 1.54) is 18.3 Å². The summed E-state index contributed by atoms with van der Waals surface area (Å²) < 4.78 is 27.3. The van der Waals surface area contributed by atoms with Crippen LogP contribution in [-0.4, -0.2) is 32.3 Å². The lowest BCUT2D eigenvalue weighted by atomic mass is 10.1. The third-order valence-corrected chi connectivity index (χ3v) is 6.73. The number of amides is 1. The van der Waals surface area contributed by atoms with Crippen molar-refractivity contribution >= 4 is 27.3 Å². The Hall–Kier alpha value is -1.70. The van der Waals surface area contributed by atoms with Crippen LogP contribution in [-0.2, 0) is 14.8 Å². The first-order valence-electron chi connectivity index (χ1n) is 7.69. The zero-order valence-electron chi connectivity index (χ0n) is 14.0. The SMILES string of the molecule is CC(=O)N(CCNS(=O)(=O)c1ccc(C)s1)C(C)c1ccccc1. The van der Waals surface area contributed by atoms with Crippen LogP contribution in [0.4, 0.5) is 0 Å². The van der Waals surface area contributed by atoms with Gasteiger partial charge in [0, 0.05) is 24.9 Å². The predicted molar refractivity (Wildman–Crippen MR) is 96.5 cm³/mol. The number of nitrogens with one attached hydrogen (secondary N) is 1. The minimum atomic E-state index is -3.52. The van der Waals surface area contributed by atoms with Crippen LogP contribution in [0.5, 0.6) is 0 Å². The predicted octanol–water partition coefficient (Wildman–Crippen LogP) is 2.94. The number of carbonyl (C=O) groups is 1. The van der Waals surface area contributed by atoms with Crippen LogP contribution in [0.3, 0.4) is 0 Å². The third-order valence-electron chi connectivity index (χ3n) is 3.78. The molecule has 1 heterocycles. The summed E-state index contributed by atoms with van der Waals surface area (Å²) in [6.45, 7) is 5.79. The molecule has 1 amide bonds. The maximum absolute atomic E-state index is 12.2. The molecule has 1 atom stereocenters. The summed E-state index contributed by atoms with van der Waals surface area (Å²) >= 11 is 1.23. The zero-order chi connectivity index (χ0) is 17.7. The van der Waals surface area contributed by atoms with Gasteiger partial charge in [-0.1, -0.05) is 30.3 Å². The molecule has 5 nitrogen and oxygen atoms in total. The first kappa shape index (κ1) is 18.6. The number of sulfonamides is 1. The second-order valence-corrected chi connectivity index (χ2v) is 8.84. The van der Waals surface area contributed by atoms with Crippen molar-refractivity contribution in [3.05, 3.63) is 52.9 Å². The van der Waals surface area contributed by atoms with Gasteiger partial charge in [-0.2, -0.15) is 0 Å². The molecule has 1 aromatic carbocycles. The summed E-state index contributed by atoms with van der Waals surface area (Å²) in [4.78, 5) is 14.5. The fourth-order valence-electron chi connectivity index (χ4n) is 2.46. The minimum Gasteiger partial charge on any atom is -0.335 e.